The van der Waals surface area contributed by atoms with E-state index in [0.717, 1.165) is 36.3 Å². The van der Waals surface area contributed by atoms with Gasteiger partial charge in [-0.1, -0.05) is 24.3 Å². The summed E-state index contributed by atoms with van der Waals surface area (Å²) in [5.74, 6) is 1.04. The Balaban J connectivity index is 1.48. The molecule has 6 heteroatoms. The maximum absolute atomic E-state index is 12.9. The molecule has 4 rings (SSSR count). The Bertz CT molecular complexity index is 964. The summed E-state index contributed by atoms with van der Waals surface area (Å²) in [6, 6.07) is 13.7. The second kappa shape index (κ2) is 8.69. The zero-order chi connectivity index (χ0) is 22.0. The molecular weight excluding hydrogens is 390 g/mol. The van der Waals surface area contributed by atoms with Gasteiger partial charge in [-0.3, -0.25) is 9.59 Å². The molecule has 164 valence electrons. The van der Waals surface area contributed by atoms with Gasteiger partial charge in [0, 0.05) is 50.0 Å². The van der Waals surface area contributed by atoms with Gasteiger partial charge in [-0.25, -0.2) is 4.98 Å². The number of nitrogens with one attached hydrogen (secondary N) is 1. The Kier molecular flexibility index (Phi) is 5.99. The van der Waals surface area contributed by atoms with Crippen molar-refractivity contribution < 1.29 is 14.3 Å². The average Bonchev–Trinajstić information content (AvgIpc) is 2.73. The lowest BCUT2D eigenvalue weighted by Crippen LogP contribution is -2.52. The molecule has 1 N–H and O–H groups in total. The number of aryl methyl sites for hydroxylation is 1. The third kappa shape index (κ3) is 4.73. The van der Waals surface area contributed by atoms with Crippen LogP contribution in [0.5, 0.6) is 5.75 Å². The molecule has 1 atom stereocenters. The summed E-state index contributed by atoms with van der Waals surface area (Å²) in [5, 5.41) is 3.02. The molecule has 6 nitrogen and oxygen atoms in total. The zero-order valence-corrected chi connectivity index (χ0v) is 18.6. The van der Waals surface area contributed by atoms with E-state index in [1.54, 1.807) is 6.07 Å². The van der Waals surface area contributed by atoms with E-state index in [0.29, 0.717) is 25.2 Å². The van der Waals surface area contributed by atoms with Crippen molar-refractivity contribution in [2.45, 2.75) is 64.0 Å². The summed E-state index contributed by atoms with van der Waals surface area (Å²) in [7, 11) is 0. The fourth-order valence-corrected chi connectivity index (χ4v) is 4.78. The van der Waals surface area contributed by atoms with Crippen LogP contribution in [0.4, 0.5) is 0 Å². The standard InChI is InChI=1S/C25H31N3O3/c1-17(2)26-23(29)15-19-16-25(31-22-10-5-4-8-20(19)22)11-13-28(14-12-25)24(30)21-9-6-7-18(3)27-21/h4-10,17,19H,11-16H2,1-3H3,(H,26,29)/t19-/m0/s1. The monoisotopic (exact) mass is 421 g/mol. The number of pyridine rings is 1. The Labute approximate surface area is 184 Å². The molecule has 2 aliphatic rings. The van der Waals surface area contributed by atoms with Crippen molar-refractivity contribution in [1.82, 2.24) is 15.2 Å². The maximum atomic E-state index is 12.9. The summed E-state index contributed by atoms with van der Waals surface area (Å²) >= 11 is 0. The lowest BCUT2D eigenvalue weighted by molar-refractivity contribution is -0.122. The van der Waals surface area contributed by atoms with Crippen LogP contribution in [-0.4, -0.2) is 46.4 Å². The van der Waals surface area contributed by atoms with Crippen molar-refractivity contribution in [1.29, 1.82) is 0 Å². The van der Waals surface area contributed by atoms with E-state index in [9.17, 15) is 9.59 Å². The molecule has 3 heterocycles. The summed E-state index contributed by atoms with van der Waals surface area (Å²) in [6.45, 7) is 7.11. The molecule has 0 aliphatic carbocycles. The van der Waals surface area contributed by atoms with Crippen LogP contribution in [0.2, 0.25) is 0 Å². The van der Waals surface area contributed by atoms with Crippen LogP contribution >= 0.6 is 0 Å². The third-order valence-electron chi connectivity index (χ3n) is 6.25. The van der Waals surface area contributed by atoms with E-state index in [4.69, 9.17) is 4.74 Å². The summed E-state index contributed by atoms with van der Waals surface area (Å²) in [5.41, 5.74) is 2.10. The van der Waals surface area contributed by atoms with Gasteiger partial charge in [0.1, 0.15) is 17.0 Å². The Hall–Kier alpha value is -2.89. The first-order chi connectivity index (χ1) is 14.8. The number of amides is 2. The molecule has 2 aliphatic heterocycles. The Morgan fingerprint density at radius 3 is 2.61 bits per heavy atom. The third-order valence-corrected chi connectivity index (χ3v) is 6.25. The highest BCUT2D eigenvalue weighted by atomic mass is 16.5. The highest BCUT2D eigenvalue weighted by Gasteiger charge is 2.44. The molecule has 0 radical (unpaired) electrons. The molecule has 1 saturated heterocycles. The number of ether oxygens (including phenoxy) is 1. The number of aromatic nitrogens is 1. The van der Waals surface area contributed by atoms with Crippen LogP contribution < -0.4 is 10.1 Å². The largest absolute Gasteiger partial charge is 0.487 e. The second-order valence-corrected chi connectivity index (χ2v) is 9.11. The van der Waals surface area contributed by atoms with Crippen molar-refractivity contribution >= 4 is 11.8 Å². The SMILES string of the molecule is Cc1cccc(C(=O)N2CCC3(CC2)C[C@H](CC(=O)NC(C)C)c2ccccc2O3)n1. The van der Waals surface area contributed by atoms with Gasteiger partial charge in [-0.15, -0.1) is 0 Å². The predicted molar refractivity (Wildman–Crippen MR) is 119 cm³/mol. The minimum atomic E-state index is -0.339. The molecule has 2 amide bonds. The number of para-hydroxylation sites is 1. The van der Waals surface area contributed by atoms with E-state index in [-0.39, 0.29) is 29.4 Å². The number of hydrogen-bond donors (Lipinski definition) is 1. The number of piperidine rings is 1. The van der Waals surface area contributed by atoms with Crippen LogP contribution in [0.25, 0.3) is 0 Å². The fraction of sp³-hybridized carbons (Fsp3) is 0.480. The van der Waals surface area contributed by atoms with E-state index in [1.807, 2.05) is 56.0 Å². The van der Waals surface area contributed by atoms with E-state index >= 15 is 0 Å². The number of fused-ring (bicyclic) bond motifs is 1. The molecule has 1 fully saturated rings. The van der Waals surface area contributed by atoms with E-state index in [2.05, 4.69) is 16.4 Å². The summed E-state index contributed by atoms with van der Waals surface area (Å²) in [4.78, 5) is 31.7. The van der Waals surface area contributed by atoms with Gasteiger partial charge in [0.15, 0.2) is 0 Å². The van der Waals surface area contributed by atoms with Crippen LogP contribution in [0, 0.1) is 6.92 Å². The van der Waals surface area contributed by atoms with Gasteiger partial charge in [0.25, 0.3) is 5.91 Å². The highest BCUT2D eigenvalue weighted by molar-refractivity contribution is 5.92. The topological polar surface area (TPSA) is 71.5 Å². The first-order valence-electron chi connectivity index (χ1n) is 11.2. The van der Waals surface area contributed by atoms with Crippen molar-refractivity contribution in [2.75, 3.05) is 13.1 Å². The predicted octanol–water partition coefficient (Wildman–Crippen LogP) is 3.85. The van der Waals surface area contributed by atoms with Gasteiger partial charge in [-0.2, -0.15) is 0 Å². The molecule has 0 unspecified atom stereocenters. The van der Waals surface area contributed by atoms with Gasteiger partial charge in [-0.05, 0) is 51.0 Å². The van der Waals surface area contributed by atoms with Crippen LogP contribution in [0.3, 0.4) is 0 Å². The zero-order valence-electron chi connectivity index (χ0n) is 18.6. The molecule has 0 bridgehead atoms. The number of likely N-dealkylation sites (tertiary alicyclic amines) is 1. The number of carbonyl (C=O) groups excluding carboxylic acids is 2. The molecule has 1 aromatic heterocycles. The van der Waals surface area contributed by atoms with E-state index in [1.165, 1.54) is 0 Å². The molecule has 1 aromatic carbocycles. The lowest BCUT2D eigenvalue weighted by Gasteiger charge is -2.46. The quantitative estimate of drug-likeness (QED) is 0.814. The van der Waals surface area contributed by atoms with Gasteiger partial charge >= 0.3 is 0 Å². The van der Waals surface area contributed by atoms with Crippen molar-refractivity contribution in [2.24, 2.45) is 0 Å². The number of rotatable bonds is 4. The molecule has 31 heavy (non-hydrogen) atoms. The minimum Gasteiger partial charge on any atom is -0.487 e. The lowest BCUT2D eigenvalue weighted by atomic mass is 9.76. The van der Waals surface area contributed by atoms with Gasteiger partial charge in [0.2, 0.25) is 5.91 Å². The molecule has 0 saturated carbocycles. The normalized spacial score (nSPS) is 19.6. The number of hydrogen-bond acceptors (Lipinski definition) is 4. The van der Waals surface area contributed by atoms with E-state index < -0.39 is 0 Å². The number of benzene rings is 1. The Morgan fingerprint density at radius 1 is 1.16 bits per heavy atom. The van der Waals surface area contributed by atoms with Crippen LogP contribution in [-0.2, 0) is 4.79 Å². The number of nitrogens with zero attached hydrogens (tertiary/aromatic N) is 2. The maximum Gasteiger partial charge on any atom is 0.272 e. The van der Waals surface area contributed by atoms with Crippen molar-refractivity contribution in [3.8, 4) is 5.75 Å². The average molecular weight is 422 g/mol. The smallest absolute Gasteiger partial charge is 0.272 e. The first-order valence-corrected chi connectivity index (χ1v) is 11.2. The van der Waals surface area contributed by atoms with Crippen LogP contribution in [0.15, 0.2) is 42.5 Å². The Morgan fingerprint density at radius 2 is 1.90 bits per heavy atom. The van der Waals surface area contributed by atoms with Gasteiger partial charge < -0.3 is 15.0 Å². The fourth-order valence-electron chi connectivity index (χ4n) is 4.78. The molecule has 2 aromatic rings. The first kappa shape index (κ1) is 21.3. The summed E-state index contributed by atoms with van der Waals surface area (Å²) in [6.07, 6.45) is 2.75. The summed E-state index contributed by atoms with van der Waals surface area (Å²) < 4.78 is 6.52. The molecule has 1 spiro atoms. The molecular formula is C25H31N3O3. The van der Waals surface area contributed by atoms with Crippen LogP contribution in [0.1, 0.15) is 67.2 Å². The van der Waals surface area contributed by atoms with Gasteiger partial charge in [0.05, 0.1) is 0 Å². The second-order valence-electron chi connectivity index (χ2n) is 9.11. The van der Waals surface area contributed by atoms with Crippen molar-refractivity contribution in [3.63, 3.8) is 0 Å². The minimum absolute atomic E-state index is 0.0254. The number of carbonyl (C=O) groups is 2. The van der Waals surface area contributed by atoms with Crippen molar-refractivity contribution in [3.05, 3.63) is 59.4 Å². The highest BCUT2D eigenvalue weighted by Crippen LogP contribution is 2.46.